The molecule has 0 aromatic heterocycles. The monoisotopic (exact) mass is 270 g/mol. The standard InChI is InChI=1S/C12H15ClN2O3/c1-7(4-11(16)17)6-15-10-3-2-8(12(14)18)5-9(10)13/h2-3,5,7,15H,4,6H2,1H3,(H2,14,18)(H,16,17). The summed E-state index contributed by atoms with van der Waals surface area (Å²) in [5.41, 5.74) is 6.12. The number of carbonyl (C=O) groups excluding carboxylic acids is 1. The van der Waals surface area contributed by atoms with Gasteiger partial charge in [0.1, 0.15) is 0 Å². The van der Waals surface area contributed by atoms with E-state index in [1.165, 1.54) is 6.07 Å². The highest BCUT2D eigenvalue weighted by atomic mass is 35.5. The van der Waals surface area contributed by atoms with Crippen molar-refractivity contribution in [2.24, 2.45) is 11.7 Å². The lowest BCUT2D eigenvalue weighted by molar-refractivity contribution is -0.137. The Labute approximate surface area is 110 Å². The van der Waals surface area contributed by atoms with Gasteiger partial charge in [0.15, 0.2) is 0 Å². The first-order chi connectivity index (χ1) is 8.40. The summed E-state index contributed by atoms with van der Waals surface area (Å²) < 4.78 is 0. The predicted molar refractivity (Wildman–Crippen MR) is 69.9 cm³/mol. The van der Waals surface area contributed by atoms with Gasteiger partial charge < -0.3 is 16.2 Å². The summed E-state index contributed by atoms with van der Waals surface area (Å²) in [6.45, 7) is 2.31. The van der Waals surface area contributed by atoms with Gasteiger partial charge in [-0.05, 0) is 24.1 Å². The van der Waals surface area contributed by atoms with Gasteiger partial charge in [0, 0.05) is 18.5 Å². The predicted octanol–water partition coefficient (Wildman–Crippen LogP) is 1.96. The number of hydrogen-bond acceptors (Lipinski definition) is 3. The van der Waals surface area contributed by atoms with Crippen LogP contribution in [0, 0.1) is 5.92 Å². The van der Waals surface area contributed by atoms with Gasteiger partial charge >= 0.3 is 5.97 Å². The van der Waals surface area contributed by atoms with E-state index >= 15 is 0 Å². The topological polar surface area (TPSA) is 92.4 Å². The van der Waals surface area contributed by atoms with Crippen molar-refractivity contribution in [1.82, 2.24) is 0 Å². The fraction of sp³-hybridized carbons (Fsp3) is 0.333. The molecule has 0 spiro atoms. The Kier molecular flexibility index (Phi) is 4.97. The summed E-state index contributed by atoms with van der Waals surface area (Å²) in [7, 11) is 0. The molecule has 0 saturated carbocycles. The molecule has 0 heterocycles. The largest absolute Gasteiger partial charge is 0.481 e. The fourth-order valence-electron chi connectivity index (χ4n) is 1.47. The number of carbonyl (C=O) groups is 2. The number of carboxylic acid groups (broad SMARTS) is 1. The van der Waals surface area contributed by atoms with Crippen molar-refractivity contribution < 1.29 is 14.7 Å². The maximum atomic E-state index is 10.9. The molecular formula is C12H15ClN2O3. The number of aliphatic carboxylic acids is 1. The number of anilines is 1. The number of nitrogens with one attached hydrogen (secondary N) is 1. The fourth-order valence-corrected chi connectivity index (χ4v) is 1.71. The molecule has 0 bridgehead atoms. The number of rotatable bonds is 6. The average Bonchev–Trinajstić information content (AvgIpc) is 2.26. The number of amides is 1. The van der Waals surface area contributed by atoms with Gasteiger partial charge in [-0.2, -0.15) is 0 Å². The van der Waals surface area contributed by atoms with Crippen LogP contribution in [0.5, 0.6) is 0 Å². The Bertz CT molecular complexity index is 463. The molecule has 0 aliphatic heterocycles. The first-order valence-electron chi connectivity index (χ1n) is 5.45. The molecule has 0 saturated heterocycles. The van der Waals surface area contributed by atoms with Gasteiger partial charge in [0.05, 0.1) is 10.7 Å². The Balaban J connectivity index is 2.63. The van der Waals surface area contributed by atoms with E-state index in [-0.39, 0.29) is 12.3 Å². The lowest BCUT2D eigenvalue weighted by Gasteiger charge is -2.13. The molecule has 1 amide bonds. The van der Waals surface area contributed by atoms with E-state index in [1.54, 1.807) is 12.1 Å². The van der Waals surface area contributed by atoms with Crippen LogP contribution in [0.4, 0.5) is 5.69 Å². The number of benzene rings is 1. The van der Waals surface area contributed by atoms with Crippen LogP contribution < -0.4 is 11.1 Å². The minimum atomic E-state index is -0.834. The molecule has 0 aliphatic rings. The minimum Gasteiger partial charge on any atom is -0.481 e. The van der Waals surface area contributed by atoms with Gasteiger partial charge in [-0.15, -0.1) is 0 Å². The highest BCUT2D eigenvalue weighted by Gasteiger charge is 2.09. The summed E-state index contributed by atoms with van der Waals surface area (Å²) in [5, 5.41) is 12.0. The quantitative estimate of drug-likeness (QED) is 0.737. The summed E-state index contributed by atoms with van der Waals surface area (Å²) in [6, 6.07) is 4.70. The van der Waals surface area contributed by atoms with E-state index in [2.05, 4.69) is 5.32 Å². The lowest BCUT2D eigenvalue weighted by Crippen LogP contribution is -2.15. The highest BCUT2D eigenvalue weighted by Crippen LogP contribution is 2.23. The van der Waals surface area contributed by atoms with Crippen LogP contribution in [0.2, 0.25) is 5.02 Å². The van der Waals surface area contributed by atoms with E-state index < -0.39 is 11.9 Å². The minimum absolute atomic E-state index is 0.0191. The van der Waals surface area contributed by atoms with Gasteiger partial charge in [-0.1, -0.05) is 18.5 Å². The summed E-state index contributed by atoms with van der Waals surface area (Å²) >= 11 is 5.98. The highest BCUT2D eigenvalue weighted by molar-refractivity contribution is 6.33. The Hall–Kier alpha value is -1.75. The normalized spacial score (nSPS) is 11.9. The second kappa shape index (κ2) is 6.26. The van der Waals surface area contributed by atoms with Crippen molar-refractivity contribution in [3.05, 3.63) is 28.8 Å². The van der Waals surface area contributed by atoms with Gasteiger partial charge in [-0.25, -0.2) is 0 Å². The second-order valence-electron chi connectivity index (χ2n) is 4.14. The third-order valence-electron chi connectivity index (χ3n) is 2.42. The maximum absolute atomic E-state index is 10.9. The van der Waals surface area contributed by atoms with Crippen molar-refractivity contribution in [2.75, 3.05) is 11.9 Å². The first kappa shape index (κ1) is 14.3. The van der Waals surface area contributed by atoms with Crippen LogP contribution in [0.3, 0.4) is 0 Å². The van der Waals surface area contributed by atoms with Gasteiger partial charge in [-0.3, -0.25) is 9.59 Å². The van der Waals surface area contributed by atoms with Crippen LogP contribution in [0.15, 0.2) is 18.2 Å². The van der Waals surface area contributed by atoms with E-state index in [0.717, 1.165) is 0 Å². The Morgan fingerprint density at radius 1 is 1.50 bits per heavy atom. The SMILES string of the molecule is CC(CNc1ccc(C(N)=O)cc1Cl)CC(=O)O. The molecule has 98 valence electrons. The van der Waals surface area contributed by atoms with Crippen molar-refractivity contribution in [3.8, 4) is 0 Å². The molecule has 5 nitrogen and oxygen atoms in total. The first-order valence-corrected chi connectivity index (χ1v) is 5.83. The number of nitrogens with two attached hydrogens (primary N) is 1. The molecule has 0 fully saturated rings. The zero-order chi connectivity index (χ0) is 13.7. The van der Waals surface area contributed by atoms with Crippen LogP contribution in [0.25, 0.3) is 0 Å². The molecule has 1 rings (SSSR count). The van der Waals surface area contributed by atoms with E-state index in [1.807, 2.05) is 6.92 Å². The molecule has 0 radical (unpaired) electrons. The van der Waals surface area contributed by atoms with Gasteiger partial charge in [0.2, 0.25) is 5.91 Å². The van der Waals surface area contributed by atoms with Crippen molar-refractivity contribution >= 4 is 29.2 Å². The molecular weight excluding hydrogens is 256 g/mol. The third kappa shape index (κ3) is 4.25. The average molecular weight is 271 g/mol. The smallest absolute Gasteiger partial charge is 0.303 e. The molecule has 1 atom stereocenters. The van der Waals surface area contributed by atoms with Crippen molar-refractivity contribution in [1.29, 1.82) is 0 Å². The Morgan fingerprint density at radius 3 is 2.67 bits per heavy atom. The van der Waals surface area contributed by atoms with Gasteiger partial charge in [0.25, 0.3) is 0 Å². The number of carboxylic acids is 1. The maximum Gasteiger partial charge on any atom is 0.303 e. The van der Waals surface area contributed by atoms with Crippen LogP contribution in [-0.2, 0) is 4.79 Å². The van der Waals surface area contributed by atoms with Crippen molar-refractivity contribution in [3.63, 3.8) is 0 Å². The summed E-state index contributed by atoms with van der Waals surface area (Å²) in [4.78, 5) is 21.4. The Morgan fingerprint density at radius 2 is 2.17 bits per heavy atom. The van der Waals surface area contributed by atoms with Crippen LogP contribution >= 0.6 is 11.6 Å². The molecule has 6 heteroatoms. The van der Waals surface area contributed by atoms with E-state index in [0.29, 0.717) is 22.8 Å². The zero-order valence-corrected chi connectivity index (χ0v) is 10.7. The molecule has 1 aromatic carbocycles. The molecule has 1 aromatic rings. The third-order valence-corrected chi connectivity index (χ3v) is 2.73. The van der Waals surface area contributed by atoms with Crippen molar-refractivity contribution in [2.45, 2.75) is 13.3 Å². The summed E-state index contributed by atoms with van der Waals surface area (Å²) in [5.74, 6) is -1.39. The number of primary amides is 1. The lowest BCUT2D eigenvalue weighted by atomic mass is 10.1. The second-order valence-corrected chi connectivity index (χ2v) is 4.55. The number of halogens is 1. The molecule has 0 aliphatic carbocycles. The van der Waals surface area contributed by atoms with E-state index in [9.17, 15) is 9.59 Å². The van der Waals surface area contributed by atoms with E-state index in [4.69, 9.17) is 22.4 Å². The van der Waals surface area contributed by atoms with Crippen LogP contribution in [-0.4, -0.2) is 23.5 Å². The zero-order valence-electron chi connectivity index (χ0n) is 9.94. The number of hydrogen-bond donors (Lipinski definition) is 3. The van der Waals surface area contributed by atoms with Crippen LogP contribution in [0.1, 0.15) is 23.7 Å². The molecule has 1 unspecified atom stereocenters. The molecule has 18 heavy (non-hydrogen) atoms. The summed E-state index contributed by atoms with van der Waals surface area (Å²) in [6.07, 6.45) is 0.0873. The molecule has 4 N–H and O–H groups in total.